The highest BCUT2D eigenvalue weighted by atomic mass is 79.9. The number of halogens is 1. The van der Waals surface area contributed by atoms with Crippen LogP contribution in [0.5, 0.6) is 0 Å². The van der Waals surface area contributed by atoms with Crippen molar-refractivity contribution < 1.29 is 9.59 Å². The summed E-state index contributed by atoms with van der Waals surface area (Å²) in [5.74, 6) is -0.500. The lowest BCUT2D eigenvalue weighted by Crippen LogP contribution is -2.30. The topological polar surface area (TPSA) is 37.4 Å². The Labute approximate surface area is 144 Å². The van der Waals surface area contributed by atoms with Gasteiger partial charge in [-0.15, -0.1) is 0 Å². The Morgan fingerprint density at radius 2 is 1.91 bits per heavy atom. The van der Waals surface area contributed by atoms with E-state index in [1.807, 2.05) is 50.2 Å². The third kappa shape index (κ3) is 3.22. The maximum Gasteiger partial charge on any atom is 0.237 e. The van der Waals surface area contributed by atoms with Gasteiger partial charge >= 0.3 is 0 Å². The highest BCUT2D eigenvalue weighted by Gasteiger charge is 2.39. The molecule has 2 amide bonds. The van der Waals surface area contributed by atoms with Gasteiger partial charge in [-0.25, -0.2) is 0 Å². The molecule has 0 aliphatic carbocycles. The highest BCUT2D eigenvalue weighted by molar-refractivity contribution is 9.10. The minimum absolute atomic E-state index is 0.104. The SMILES string of the molecule is Cc1cccc(C[C@@H]2CC(=O)N(c3ccc(C)c(Br)c3)C2=O)c1. The number of rotatable bonds is 3. The molecule has 1 atom stereocenters. The van der Waals surface area contributed by atoms with Gasteiger partial charge in [0, 0.05) is 10.9 Å². The van der Waals surface area contributed by atoms with Crippen LogP contribution in [0.3, 0.4) is 0 Å². The number of hydrogen-bond donors (Lipinski definition) is 0. The molecule has 3 rings (SSSR count). The summed E-state index contributed by atoms with van der Waals surface area (Å²) in [7, 11) is 0. The fourth-order valence-electron chi connectivity index (χ4n) is 2.97. The zero-order valence-corrected chi connectivity index (χ0v) is 14.8. The Hall–Kier alpha value is -1.94. The molecule has 0 spiro atoms. The molecule has 0 N–H and O–H groups in total. The summed E-state index contributed by atoms with van der Waals surface area (Å²) in [6.45, 7) is 4.00. The van der Waals surface area contributed by atoms with E-state index in [1.165, 1.54) is 10.5 Å². The van der Waals surface area contributed by atoms with Gasteiger partial charge in [0.25, 0.3) is 0 Å². The van der Waals surface area contributed by atoms with Gasteiger partial charge in [0.15, 0.2) is 0 Å². The molecule has 1 saturated heterocycles. The summed E-state index contributed by atoms with van der Waals surface area (Å²) in [5, 5.41) is 0. The first-order valence-corrected chi connectivity index (χ1v) is 8.43. The second kappa shape index (κ2) is 6.28. The van der Waals surface area contributed by atoms with Crippen LogP contribution in [0.2, 0.25) is 0 Å². The number of benzene rings is 2. The smallest absolute Gasteiger partial charge is 0.237 e. The van der Waals surface area contributed by atoms with Crippen LogP contribution in [-0.4, -0.2) is 11.8 Å². The molecule has 118 valence electrons. The van der Waals surface area contributed by atoms with Crippen LogP contribution in [0, 0.1) is 19.8 Å². The van der Waals surface area contributed by atoms with Crippen molar-refractivity contribution in [2.24, 2.45) is 5.92 Å². The molecular formula is C19H18BrNO2. The van der Waals surface area contributed by atoms with Crippen molar-refractivity contribution in [3.05, 3.63) is 63.6 Å². The normalized spacial score (nSPS) is 17.9. The van der Waals surface area contributed by atoms with Gasteiger partial charge in [0.1, 0.15) is 0 Å². The van der Waals surface area contributed by atoms with Gasteiger partial charge < -0.3 is 0 Å². The van der Waals surface area contributed by atoms with Crippen molar-refractivity contribution in [3.63, 3.8) is 0 Å². The molecule has 0 saturated carbocycles. The molecule has 1 fully saturated rings. The van der Waals surface area contributed by atoms with Gasteiger partial charge in [-0.3, -0.25) is 14.5 Å². The third-order valence-corrected chi connectivity index (χ3v) is 5.07. The summed E-state index contributed by atoms with van der Waals surface area (Å²) < 4.78 is 0.901. The number of amides is 2. The Kier molecular flexibility index (Phi) is 4.35. The Bertz CT molecular complexity index is 785. The predicted octanol–water partition coefficient (Wildman–Crippen LogP) is 4.19. The van der Waals surface area contributed by atoms with Gasteiger partial charge in [-0.05, 0) is 43.5 Å². The van der Waals surface area contributed by atoms with E-state index in [9.17, 15) is 9.59 Å². The first-order chi connectivity index (χ1) is 11.0. The van der Waals surface area contributed by atoms with Crippen LogP contribution in [0.4, 0.5) is 5.69 Å². The van der Waals surface area contributed by atoms with Gasteiger partial charge in [0.2, 0.25) is 11.8 Å². The third-order valence-electron chi connectivity index (χ3n) is 4.22. The van der Waals surface area contributed by atoms with E-state index in [1.54, 1.807) is 0 Å². The lowest BCUT2D eigenvalue weighted by atomic mass is 9.97. The van der Waals surface area contributed by atoms with E-state index < -0.39 is 0 Å². The molecule has 0 aromatic heterocycles. The summed E-state index contributed by atoms with van der Waals surface area (Å²) in [4.78, 5) is 26.4. The van der Waals surface area contributed by atoms with E-state index >= 15 is 0 Å². The molecule has 1 heterocycles. The summed E-state index contributed by atoms with van der Waals surface area (Å²) >= 11 is 3.46. The average Bonchev–Trinajstić information content (AvgIpc) is 2.77. The zero-order valence-electron chi connectivity index (χ0n) is 13.2. The molecule has 2 aromatic carbocycles. The van der Waals surface area contributed by atoms with E-state index in [0.29, 0.717) is 12.1 Å². The van der Waals surface area contributed by atoms with Crippen molar-refractivity contribution in [2.75, 3.05) is 4.90 Å². The highest BCUT2D eigenvalue weighted by Crippen LogP contribution is 2.31. The van der Waals surface area contributed by atoms with Gasteiger partial charge in [0.05, 0.1) is 11.6 Å². The number of hydrogen-bond acceptors (Lipinski definition) is 2. The maximum atomic E-state index is 12.7. The van der Waals surface area contributed by atoms with Crippen LogP contribution in [0.1, 0.15) is 23.1 Å². The summed E-state index contributed by atoms with van der Waals surface area (Å²) in [6, 6.07) is 13.7. The van der Waals surface area contributed by atoms with Crippen LogP contribution < -0.4 is 4.90 Å². The number of anilines is 1. The molecule has 1 aliphatic rings. The molecule has 3 nitrogen and oxygen atoms in total. The van der Waals surface area contributed by atoms with Crippen molar-refractivity contribution in [1.29, 1.82) is 0 Å². The van der Waals surface area contributed by atoms with Crippen LogP contribution in [0.15, 0.2) is 46.9 Å². The predicted molar refractivity (Wildman–Crippen MR) is 94.4 cm³/mol. The van der Waals surface area contributed by atoms with E-state index in [2.05, 4.69) is 22.0 Å². The first-order valence-electron chi connectivity index (χ1n) is 7.64. The molecular weight excluding hydrogens is 354 g/mol. The number of nitrogens with zero attached hydrogens (tertiary/aromatic N) is 1. The number of carbonyl (C=O) groups excluding carboxylic acids is 2. The molecule has 0 unspecified atom stereocenters. The Morgan fingerprint density at radius 1 is 1.13 bits per heavy atom. The van der Waals surface area contributed by atoms with Crippen LogP contribution in [-0.2, 0) is 16.0 Å². The van der Waals surface area contributed by atoms with Crippen molar-refractivity contribution in [1.82, 2.24) is 0 Å². The van der Waals surface area contributed by atoms with E-state index in [-0.39, 0.29) is 24.2 Å². The molecule has 4 heteroatoms. The molecule has 23 heavy (non-hydrogen) atoms. The zero-order chi connectivity index (χ0) is 16.6. The molecule has 0 bridgehead atoms. The number of imide groups is 1. The largest absolute Gasteiger partial charge is 0.274 e. The molecule has 1 aliphatic heterocycles. The van der Waals surface area contributed by atoms with E-state index in [0.717, 1.165) is 15.6 Å². The minimum atomic E-state index is -0.274. The second-order valence-corrected chi connectivity index (χ2v) is 6.95. The second-order valence-electron chi connectivity index (χ2n) is 6.10. The van der Waals surface area contributed by atoms with Gasteiger partial charge in [-0.1, -0.05) is 51.8 Å². The summed E-state index contributed by atoms with van der Waals surface area (Å²) in [5.41, 5.74) is 3.98. The lowest BCUT2D eigenvalue weighted by Gasteiger charge is -2.16. The fraction of sp³-hybridized carbons (Fsp3) is 0.263. The molecule has 2 aromatic rings. The minimum Gasteiger partial charge on any atom is -0.274 e. The molecule has 0 radical (unpaired) electrons. The van der Waals surface area contributed by atoms with Crippen LogP contribution >= 0.6 is 15.9 Å². The van der Waals surface area contributed by atoms with Gasteiger partial charge in [-0.2, -0.15) is 0 Å². The van der Waals surface area contributed by atoms with Crippen LogP contribution in [0.25, 0.3) is 0 Å². The van der Waals surface area contributed by atoms with E-state index in [4.69, 9.17) is 0 Å². The first kappa shape index (κ1) is 15.9. The monoisotopic (exact) mass is 371 g/mol. The Balaban J connectivity index is 1.83. The Morgan fingerprint density at radius 3 is 2.61 bits per heavy atom. The fourth-order valence-corrected chi connectivity index (χ4v) is 3.34. The quantitative estimate of drug-likeness (QED) is 0.758. The average molecular weight is 372 g/mol. The van der Waals surface area contributed by atoms with Crippen molar-refractivity contribution >= 4 is 33.4 Å². The lowest BCUT2D eigenvalue weighted by molar-refractivity contribution is -0.122. The summed E-state index contributed by atoms with van der Waals surface area (Å²) in [6.07, 6.45) is 0.883. The maximum absolute atomic E-state index is 12.7. The number of carbonyl (C=O) groups is 2. The number of aryl methyl sites for hydroxylation is 2. The van der Waals surface area contributed by atoms with Crippen molar-refractivity contribution in [3.8, 4) is 0 Å². The standard InChI is InChI=1S/C19H18BrNO2/c1-12-4-3-5-14(8-12)9-15-10-18(22)21(19(15)23)16-7-6-13(2)17(20)11-16/h3-8,11,15H,9-10H2,1-2H3/t15-/m1/s1. The van der Waals surface area contributed by atoms with Crippen molar-refractivity contribution in [2.45, 2.75) is 26.7 Å².